The monoisotopic (exact) mass is 646 g/mol. The zero-order chi connectivity index (χ0) is 31.7. The van der Waals surface area contributed by atoms with Gasteiger partial charge in [0.25, 0.3) is 5.91 Å². The molecule has 11 nitrogen and oxygen atoms in total. The molecule has 2 amide bonds. The van der Waals surface area contributed by atoms with Gasteiger partial charge in [0.1, 0.15) is 5.82 Å². The van der Waals surface area contributed by atoms with E-state index < -0.39 is 38.9 Å². The molecule has 228 valence electrons. The highest BCUT2D eigenvalue weighted by atomic mass is 35.5. The summed E-state index contributed by atoms with van der Waals surface area (Å²) in [6.45, 7) is 4.72. The van der Waals surface area contributed by atoms with Crippen molar-refractivity contribution in [1.82, 2.24) is 15.4 Å². The van der Waals surface area contributed by atoms with Crippen molar-refractivity contribution in [2.45, 2.75) is 20.8 Å². The van der Waals surface area contributed by atoms with E-state index in [4.69, 9.17) is 28.4 Å². The number of carbonyl (C=O) groups excluding carboxylic acids is 2. The van der Waals surface area contributed by atoms with Crippen LogP contribution in [0, 0.1) is 11.3 Å². The lowest BCUT2D eigenvalue weighted by Gasteiger charge is -2.29. The van der Waals surface area contributed by atoms with E-state index in [0.717, 1.165) is 16.7 Å². The van der Waals surface area contributed by atoms with E-state index in [-0.39, 0.29) is 16.3 Å². The summed E-state index contributed by atoms with van der Waals surface area (Å²) in [6.07, 6.45) is 0. The average Bonchev–Trinajstić information content (AvgIpc) is 3.35. The van der Waals surface area contributed by atoms with Gasteiger partial charge in [-0.25, -0.2) is 18.9 Å². The lowest BCUT2D eigenvalue weighted by molar-refractivity contribution is -0.135. The largest absolute Gasteiger partial charge is 0.378 e. The molecular formula is C29H32Cl2N6O5S. The Morgan fingerprint density at radius 2 is 1.72 bits per heavy atom. The fraction of sp³-hybridized carbons (Fsp3) is 0.276. The van der Waals surface area contributed by atoms with E-state index in [1.165, 1.54) is 25.1 Å². The number of carbonyl (C=O) groups is 2. The zero-order valence-corrected chi connectivity index (χ0v) is 26.4. The molecule has 1 atom stereocenters. The van der Waals surface area contributed by atoms with Crippen LogP contribution in [-0.2, 0) is 14.8 Å². The second-order valence-corrected chi connectivity index (χ2v) is 13.6. The number of aromatic nitrogens is 2. The molecule has 1 heterocycles. The van der Waals surface area contributed by atoms with Gasteiger partial charge < -0.3 is 15.2 Å². The van der Waals surface area contributed by atoms with Crippen molar-refractivity contribution in [3.8, 4) is 11.4 Å². The average molecular weight is 648 g/mol. The Morgan fingerprint density at radius 1 is 1.02 bits per heavy atom. The molecule has 0 aliphatic heterocycles. The summed E-state index contributed by atoms with van der Waals surface area (Å²) in [5, 5.41) is 12.2. The van der Waals surface area contributed by atoms with Gasteiger partial charge in [0.2, 0.25) is 15.9 Å². The normalized spacial score (nSPS) is 12.6. The van der Waals surface area contributed by atoms with Crippen LogP contribution < -0.4 is 20.4 Å². The van der Waals surface area contributed by atoms with Gasteiger partial charge in [0.15, 0.2) is 0 Å². The van der Waals surface area contributed by atoms with Crippen LogP contribution in [0.25, 0.3) is 22.4 Å². The van der Waals surface area contributed by atoms with Crippen molar-refractivity contribution in [3.05, 3.63) is 70.2 Å². The maximum absolute atomic E-state index is 13.1. The maximum Gasteiger partial charge on any atom is 0.257 e. The first-order valence-corrected chi connectivity index (χ1v) is 15.5. The van der Waals surface area contributed by atoms with Crippen molar-refractivity contribution >= 4 is 73.1 Å². The van der Waals surface area contributed by atoms with E-state index in [1.807, 2.05) is 37.2 Å². The van der Waals surface area contributed by atoms with Gasteiger partial charge in [-0.1, -0.05) is 44.0 Å². The molecule has 0 saturated heterocycles. The Labute approximate surface area is 259 Å². The Morgan fingerprint density at radius 3 is 2.37 bits per heavy atom. The van der Waals surface area contributed by atoms with Crippen molar-refractivity contribution < 1.29 is 23.2 Å². The molecule has 3 aromatic carbocycles. The van der Waals surface area contributed by atoms with E-state index in [0.29, 0.717) is 22.1 Å². The fourth-order valence-electron chi connectivity index (χ4n) is 4.43. The second-order valence-electron chi connectivity index (χ2n) is 11.1. The highest BCUT2D eigenvalue weighted by Crippen LogP contribution is 2.33. The highest BCUT2D eigenvalue weighted by Gasteiger charge is 2.36. The SMILES string of the molecule is CC(C(=O)NO)C(C)(C)CS(=O)(=O)Nc1ccc(C(=O)Nc2ccc(Cl)c(-c3nc4ccc(N(C)C)cc4[nH]3)c2)c(Cl)c1. The Bertz CT molecular complexity index is 1810. The molecular weight excluding hydrogens is 615 g/mol. The van der Waals surface area contributed by atoms with Gasteiger partial charge in [-0.05, 0) is 60.0 Å². The highest BCUT2D eigenvalue weighted by molar-refractivity contribution is 7.92. The summed E-state index contributed by atoms with van der Waals surface area (Å²) < 4.78 is 28.1. The molecule has 14 heteroatoms. The number of hydrogen-bond donors (Lipinski definition) is 5. The van der Waals surface area contributed by atoms with Crippen LogP contribution >= 0.6 is 23.2 Å². The third kappa shape index (κ3) is 7.39. The number of fused-ring (bicyclic) bond motifs is 1. The van der Waals surface area contributed by atoms with Crippen LogP contribution in [0.2, 0.25) is 10.0 Å². The number of benzene rings is 3. The number of nitrogens with zero attached hydrogens (tertiary/aromatic N) is 2. The Hall–Kier alpha value is -3.84. The van der Waals surface area contributed by atoms with Crippen LogP contribution in [0.15, 0.2) is 54.6 Å². The van der Waals surface area contributed by atoms with E-state index >= 15 is 0 Å². The third-order valence-electron chi connectivity index (χ3n) is 7.19. The number of rotatable bonds is 10. The number of H-pyrrole nitrogens is 1. The van der Waals surface area contributed by atoms with E-state index in [2.05, 4.69) is 20.0 Å². The molecule has 4 rings (SSSR count). The van der Waals surface area contributed by atoms with E-state index in [1.54, 1.807) is 37.5 Å². The lowest BCUT2D eigenvalue weighted by atomic mass is 9.81. The quantitative estimate of drug-likeness (QED) is 0.108. The first kappa shape index (κ1) is 32.1. The number of nitrogens with one attached hydrogen (secondary N) is 4. The minimum Gasteiger partial charge on any atom is -0.378 e. The molecule has 5 N–H and O–H groups in total. The van der Waals surface area contributed by atoms with Crippen molar-refractivity contribution in [2.24, 2.45) is 11.3 Å². The summed E-state index contributed by atoms with van der Waals surface area (Å²) in [7, 11) is -0.0241. The van der Waals surface area contributed by atoms with Gasteiger partial charge in [-0.2, -0.15) is 0 Å². The maximum atomic E-state index is 13.1. The predicted molar refractivity (Wildman–Crippen MR) is 171 cm³/mol. The Balaban J connectivity index is 1.50. The standard InChI is InChI=1S/C29H32Cl2N6O5S/c1-16(27(38)35-40)29(2,3)15-43(41,42)36-18-6-9-20(23(31)13-18)28(39)32-17-7-10-22(30)21(12-17)26-33-24-11-8-19(37(4)5)14-25(24)34-26/h6-14,16,36,40H,15H2,1-5H3,(H,32,39)(H,33,34)(H,35,38). The number of hydrogen-bond acceptors (Lipinski definition) is 7. The number of sulfonamides is 1. The molecule has 0 saturated carbocycles. The molecule has 0 spiro atoms. The summed E-state index contributed by atoms with van der Waals surface area (Å²) in [5.74, 6) is -1.87. The number of hydroxylamine groups is 1. The lowest BCUT2D eigenvalue weighted by Crippen LogP contribution is -2.41. The van der Waals surface area contributed by atoms with Gasteiger partial charge in [0, 0.05) is 42.6 Å². The minimum absolute atomic E-state index is 0.0214. The molecule has 43 heavy (non-hydrogen) atoms. The molecule has 0 fully saturated rings. The van der Waals surface area contributed by atoms with Gasteiger partial charge in [-0.15, -0.1) is 0 Å². The number of amides is 2. The number of anilines is 3. The fourth-order valence-corrected chi connectivity index (χ4v) is 6.69. The molecule has 0 aliphatic carbocycles. The minimum atomic E-state index is -3.92. The Kier molecular flexibility index (Phi) is 9.26. The van der Waals surface area contributed by atoms with Crippen molar-refractivity contribution in [1.29, 1.82) is 0 Å². The molecule has 0 bridgehead atoms. The van der Waals surface area contributed by atoms with Crippen LogP contribution in [-0.4, -0.2) is 55.3 Å². The number of halogens is 2. The van der Waals surface area contributed by atoms with Crippen LogP contribution in [0.1, 0.15) is 31.1 Å². The van der Waals surface area contributed by atoms with Gasteiger partial charge in [-0.3, -0.25) is 19.5 Å². The van der Waals surface area contributed by atoms with Crippen LogP contribution in [0.4, 0.5) is 17.1 Å². The topological polar surface area (TPSA) is 157 Å². The second kappa shape index (κ2) is 12.4. The van der Waals surface area contributed by atoms with E-state index in [9.17, 15) is 18.0 Å². The van der Waals surface area contributed by atoms with Crippen LogP contribution in [0.3, 0.4) is 0 Å². The first-order valence-electron chi connectivity index (χ1n) is 13.1. The first-order chi connectivity index (χ1) is 20.1. The molecule has 0 radical (unpaired) electrons. The smallest absolute Gasteiger partial charge is 0.257 e. The summed E-state index contributed by atoms with van der Waals surface area (Å²) in [4.78, 5) is 34.8. The molecule has 0 aliphatic rings. The van der Waals surface area contributed by atoms with Crippen LogP contribution in [0.5, 0.6) is 0 Å². The van der Waals surface area contributed by atoms with Gasteiger partial charge >= 0.3 is 0 Å². The molecule has 1 aromatic heterocycles. The molecule has 4 aromatic rings. The summed E-state index contributed by atoms with van der Waals surface area (Å²) >= 11 is 12.9. The molecule has 1 unspecified atom stereocenters. The predicted octanol–water partition coefficient (Wildman–Crippen LogP) is 5.76. The number of imidazole rings is 1. The third-order valence-corrected chi connectivity index (χ3v) is 9.50. The number of aromatic amines is 1. The summed E-state index contributed by atoms with van der Waals surface area (Å²) in [6, 6.07) is 15.0. The zero-order valence-electron chi connectivity index (χ0n) is 24.1. The van der Waals surface area contributed by atoms with Crippen molar-refractivity contribution in [3.63, 3.8) is 0 Å². The summed E-state index contributed by atoms with van der Waals surface area (Å²) in [5.41, 5.74) is 4.46. The van der Waals surface area contributed by atoms with Gasteiger partial charge in [0.05, 0.1) is 32.4 Å². The van der Waals surface area contributed by atoms with Crippen molar-refractivity contribution in [2.75, 3.05) is 34.8 Å².